The fraction of sp³-hybridized carbons (Fsp3) is 0.118. The van der Waals surface area contributed by atoms with Crippen LogP contribution in [0, 0.1) is 0 Å². The van der Waals surface area contributed by atoms with Crippen LogP contribution in [0.2, 0.25) is 10.0 Å². The Morgan fingerprint density at radius 1 is 1.00 bits per heavy atom. The Hall–Kier alpha value is -1.97. The van der Waals surface area contributed by atoms with Crippen LogP contribution in [-0.4, -0.2) is 9.78 Å². The summed E-state index contributed by atoms with van der Waals surface area (Å²) < 4.78 is 1.59. The molecule has 1 N–H and O–H groups in total. The molecule has 0 aliphatic carbocycles. The van der Waals surface area contributed by atoms with E-state index in [0.29, 0.717) is 10.0 Å². The van der Waals surface area contributed by atoms with Crippen molar-refractivity contribution in [3.05, 3.63) is 80.6 Å². The lowest BCUT2D eigenvalue weighted by Crippen LogP contribution is -2.20. The van der Waals surface area contributed by atoms with Gasteiger partial charge in [0, 0.05) is 6.07 Å². The summed E-state index contributed by atoms with van der Waals surface area (Å²) in [5.74, 6) is 0. The zero-order chi connectivity index (χ0) is 15.7. The van der Waals surface area contributed by atoms with Gasteiger partial charge in [0.05, 0.1) is 21.8 Å². The Labute approximate surface area is 138 Å². The molecule has 2 aromatic carbocycles. The third-order valence-electron chi connectivity index (χ3n) is 3.64. The average Bonchev–Trinajstić information content (AvgIpc) is 2.92. The minimum Gasteiger partial charge on any atom is -0.294 e. The van der Waals surface area contributed by atoms with Crippen LogP contribution in [0.1, 0.15) is 18.5 Å². The molecule has 0 bridgehead atoms. The summed E-state index contributed by atoms with van der Waals surface area (Å²) in [6.07, 6.45) is 0. The van der Waals surface area contributed by atoms with E-state index >= 15 is 0 Å². The molecule has 0 saturated carbocycles. The molecule has 0 spiro atoms. The maximum absolute atomic E-state index is 12.3. The second-order valence-corrected chi connectivity index (χ2v) is 5.91. The minimum absolute atomic E-state index is 0.0857. The van der Waals surface area contributed by atoms with Crippen molar-refractivity contribution in [2.24, 2.45) is 0 Å². The SMILES string of the molecule is CC(c1ccc(Cl)c(Cl)c1)n1[nH]c(-c2ccccc2)cc1=O. The van der Waals surface area contributed by atoms with Gasteiger partial charge < -0.3 is 0 Å². The van der Waals surface area contributed by atoms with Crippen LogP contribution >= 0.6 is 23.2 Å². The molecule has 3 rings (SSSR count). The first kappa shape index (κ1) is 14.9. The normalized spacial score (nSPS) is 12.3. The second-order valence-electron chi connectivity index (χ2n) is 5.09. The predicted octanol–water partition coefficient (Wildman–Crippen LogP) is 4.76. The summed E-state index contributed by atoms with van der Waals surface area (Å²) >= 11 is 12.0. The van der Waals surface area contributed by atoms with Crippen LogP contribution < -0.4 is 5.56 Å². The molecule has 1 aromatic heterocycles. The molecule has 22 heavy (non-hydrogen) atoms. The van der Waals surface area contributed by atoms with Crippen LogP contribution in [0.3, 0.4) is 0 Å². The number of nitrogens with one attached hydrogen (secondary N) is 1. The van der Waals surface area contributed by atoms with Gasteiger partial charge in [-0.25, -0.2) is 4.68 Å². The summed E-state index contributed by atoms with van der Waals surface area (Å²) in [7, 11) is 0. The van der Waals surface area contributed by atoms with Crippen molar-refractivity contribution in [1.82, 2.24) is 9.78 Å². The lowest BCUT2D eigenvalue weighted by molar-refractivity contribution is 0.549. The average molecular weight is 333 g/mol. The van der Waals surface area contributed by atoms with E-state index in [-0.39, 0.29) is 11.6 Å². The van der Waals surface area contributed by atoms with Crippen molar-refractivity contribution in [3.8, 4) is 11.3 Å². The Balaban J connectivity index is 2.00. The van der Waals surface area contributed by atoms with Crippen LogP contribution in [0.5, 0.6) is 0 Å². The number of hydrogen-bond acceptors (Lipinski definition) is 1. The van der Waals surface area contributed by atoms with Gasteiger partial charge in [0.15, 0.2) is 0 Å². The van der Waals surface area contributed by atoms with E-state index in [0.717, 1.165) is 16.8 Å². The molecule has 0 fully saturated rings. The smallest absolute Gasteiger partial charge is 0.267 e. The van der Waals surface area contributed by atoms with Crippen molar-refractivity contribution >= 4 is 23.2 Å². The zero-order valence-corrected chi connectivity index (χ0v) is 13.4. The van der Waals surface area contributed by atoms with E-state index in [2.05, 4.69) is 5.10 Å². The molecule has 1 unspecified atom stereocenters. The molecule has 0 radical (unpaired) electrons. The standard InChI is InChI=1S/C17H14Cl2N2O/c1-11(13-7-8-14(18)15(19)9-13)21-17(22)10-16(20-21)12-5-3-2-4-6-12/h2-11,20H,1H3. The number of aromatic amines is 1. The van der Waals surface area contributed by atoms with E-state index in [1.807, 2.05) is 43.3 Å². The molecule has 5 heteroatoms. The minimum atomic E-state index is -0.167. The topological polar surface area (TPSA) is 37.8 Å². The summed E-state index contributed by atoms with van der Waals surface area (Å²) in [5, 5.41) is 4.14. The Kier molecular flexibility index (Phi) is 4.10. The first-order chi connectivity index (χ1) is 10.6. The number of hydrogen-bond donors (Lipinski definition) is 1. The second kappa shape index (κ2) is 6.03. The lowest BCUT2D eigenvalue weighted by atomic mass is 10.1. The van der Waals surface area contributed by atoms with Crippen molar-refractivity contribution < 1.29 is 0 Å². The van der Waals surface area contributed by atoms with Gasteiger partial charge in [0.1, 0.15) is 0 Å². The molecule has 3 nitrogen and oxygen atoms in total. The van der Waals surface area contributed by atoms with E-state index in [1.54, 1.807) is 22.9 Å². The highest BCUT2D eigenvalue weighted by Gasteiger charge is 2.14. The summed E-state index contributed by atoms with van der Waals surface area (Å²) in [6.45, 7) is 1.94. The number of benzene rings is 2. The maximum atomic E-state index is 12.3. The first-order valence-electron chi connectivity index (χ1n) is 6.88. The monoisotopic (exact) mass is 332 g/mol. The molecule has 1 heterocycles. The highest BCUT2D eigenvalue weighted by molar-refractivity contribution is 6.42. The van der Waals surface area contributed by atoms with Gasteiger partial charge in [-0.05, 0) is 30.2 Å². The van der Waals surface area contributed by atoms with Gasteiger partial charge in [-0.1, -0.05) is 59.6 Å². The van der Waals surface area contributed by atoms with E-state index in [4.69, 9.17) is 23.2 Å². The number of aromatic nitrogens is 2. The fourth-order valence-corrected chi connectivity index (χ4v) is 2.69. The summed E-state index contributed by atoms with van der Waals surface area (Å²) in [6, 6.07) is 16.6. The quantitative estimate of drug-likeness (QED) is 0.737. The number of nitrogens with zero attached hydrogens (tertiary/aromatic N) is 1. The van der Waals surface area contributed by atoms with Crippen LogP contribution in [0.25, 0.3) is 11.3 Å². The number of rotatable bonds is 3. The molecule has 1 atom stereocenters. The van der Waals surface area contributed by atoms with Gasteiger partial charge >= 0.3 is 0 Å². The third kappa shape index (κ3) is 2.82. The summed E-state index contributed by atoms with van der Waals surface area (Å²) in [4.78, 5) is 12.3. The molecule has 112 valence electrons. The molecule has 0 aliphatic rings. The van der Waals surface area contributed by atoms with Crippen LogP contribution in [0.15, 0.2) is 59.4 Å². The van der Waals surface area contributed by atoms with Gasteiger partial charge in [-0.15, -0.1) is 0 Å². The van der Waals surface area contributed by atoms with Crippen molar-refractivity contribution in [2.45, 2.75) is 13.0 Å². The maximum Gasteiger partial charge on any atom is 0.267 e. The molecule has 3 aromatic rings. The molecule has 0 aliphatic heterocycles. The van der Waals surface area contributed by atoms with Crippen molar-refractivity contribution in [1.29, 1.82) is 0 Å². The molecule has 0 amide bonds. The molecular formula is C17H14Cl2N2O. The lowest BCUT2D eigenvalue weighted by Gasteiger charge is -2.14. The third-order valence-corrected chi connectivity index (χ3v) is 4.38. The van der Waals surface area contributed by atoms with Crippen LogP contribution in [0.4, 0.5) is 0 Å². The Bertz CT molecular complexity index is 853. The number of H-pyrrole nitrogens is 1. The zero-order valence-electron chi connectivity index (χ0n) is 11.9. The largest absolute Gasteiger partial charge is 0.294 e. The highest BCUT2D eigenvalue weighted by atomic mass is 35.5. The highest BCUT2D eigenvalue weighted by Crippen LogP contribution is 2.27. The van der Waals surface area contributed by atoms with E-state index < -0.39 is 0 Å². The molecule has 0 saturated heterocycles. The van der Waals surface area contributed by atoms with Gasteiger partial charge in [-0.2, -0.15) is 0 Å². The van der Waals surface area contributed by atoms with Crippen molar-refractivity contribution in [2.75, 3.05) is 0 Å². The number of halogens is 2. The predicted molar refractivity (Wildman–Crippen MR) is 90.8 cm³/mol. The Morgan fingerprint density at radius 3 is 2.41 bits per heavy atom. The summed E-state index contributed by atoms with van der Waals surface area (Å²) in [5.41, 5.74) is 2.59. The van der Waals surface area contributed by atoms with E-state index in [9.17, 15) is 4.79 Å². The van der Waals surface area contributed by atoms with Gasteiger partial charge in [-0.3, -0.25) is 9.89 Å². The van der Waals surface area contributed by atoms with Gasteiger partial charge in [0.2, 0.25) is 0 Å². The fourth-order valence-electron chi connectivity index (χ4n) is 2.38. The van der Waals surface area contributed by atoms with Gasteiger partial charge in [0.25, 0.3) is 5.56 Å². The van der Waals surface area contributed by atoms with Crippen molar-refractivity contribution in [3.63, 3.8) is 0 Å². The van der Waals surface area contributed by atoms with E-state index in [1.165, 1.54) is 0 Å². The Morgan fingerprint density at radius 2 is 1.73 bits per heavy atom. The first-order valence-corrected chi connectivity index (χ1v) is 7.64. The molecular weight excluding hydrogens is 319 g/mol. The van der Waals surface area contributed by atoms with Crippen LogP contribution in [-0.2, 0) is 0 Å².